The van der Waals surface area contributed by atoms with Gasteiger partial charge >= 0.3 is 0 Å². The molecule has 1 amide bonds. The number of aromatic nitrogens is 2. The molecule has 0 unspecified atom stereocenters. The minimum absolute atomic E-state index is 0.107. The topological polar surface area (TPSA) is 70.2 Å². The predicted molar refractivity (Wildman–Crippen MR) is 112 cm³/mol. The van der Waals surface area contributed by atoms with Crippen LogP contribution in [0.1, 0.15) is 61.1 Å². The summed E-state index contributed by atoms with van der Waals surface area (Å²) < 4.78 is 0. The van der Waals surface area contributed by atoms with Gasteiger partial charge in [0.2, 0.25) is 5.95 Å². The van der Waals surface area contributed by atoms with E-state index >= 15 is 0 Å². The number of rotatable bonds is 5. The minimum Gasteiger partial charge on any atom is -0.372 e. The van der Waals surface area contributed by atoms with Crippen molar-refractivity contribution in [2.45, 2.75) is 57.9 Å². The third-order valence-electron chi connectivity index (χ3n) is 5.62. The van der Waals surface area contributed by atoms with Crippen LogP contribution in [0.5, 0.6) is 0 Å². The monoisotopic (exact) mass is 379 g/mol. The smallest absolute Gasteiger partial charge is 0.270 e. The Bertz CT molecular complexity index is 808. The Labute approximate surface area is 166 Å². The first-order valence-electron chi connectivity index (χ1n) is 10.5. The zero-order valence-electron chi connectivity index (χ0n) is 16.6. The summed E-state index contributed by atoms with van der Waals surface area (Å²) in [6.07, 6.45) is 8.30. The second-order valence-electron chi connectivity index (χ2n) is 7.89. The summed E-state index contributed by atoms with van der Waals surface area (Å²) >= 11 is 0. The van der Waals surface area contributed by atoms with Crippen LogP contribution in [0.2, 0.25) is 0 Å². The molecule has 1 saturated carbocycles. The number of nitrogens with one attached hydrogen (secondary N) is 2. The van der Waals surface area contributed by atoms with Gasteiger partial charge in [-0.2, -0.15) is 0 Å². The molecule has 0 radical (unpaired) electrons. The summed E-state index contributed by atoms with van der Waals surface area (Å²) in [6.45, 7) is 4.15. The molecule has 1 aromatic carbocycles. The highest BCUT2D eigenvalue weighted by molar-refractivity contribution is 5.92. The number of anilines is 3. The molecule has 4 rings (SSSR count). The molecular weight excluding hydrogens is 350 g/mol. The van der Waals surface area contributed by atoms with Crippen molar-refractivity contribution in [3.63, 3.8) is 0 Å². The zero-order valence-corrected chi connectivity index (χ0v) is 16.6. The molecule has 2 fully saturated rings. The van der Waals surface area contributed by atoms with Gasteiger partial charge in [0, 0.05) is 36.2 Å². The number of aryl methyl sites for hydroxylation is 1. The number of hydrogen-bond donors (Lipinski definition) is 2. The Hall–Kier alpha value is -2.63. The minimum atomic E-state index is -0.107. The number of nitrogens with zero attached hydrogens (tertiary/aromatic N) is 3. The molecule has 0 atom stereocenters. The van der Waals surface area contributed by atoms with Crippen LogP contribution in [0.25, 0.3) is 0 Å². The predicted octanol–water partition coefficient (Wildman–Crippen LogP) is 4.19. The van der Waals surface area contributed by atoms with E-state index in [1.165, 1.54) is 37.8 Å². The van der Waals surface area contributed by atoms with Gasteiger partial charge in [-0.1, -0.05) is 19.3 Å². The van der Waals surface area contributed by atoms with Gasteiger partial charge in [-0.25, -0.2) is 9.97 Å². The Morgan fingerprint density at radius 3 is 2.43 bits per heavy atom. The van der Waals surface area contributed by atoms with Crippen molar-refractivity contribution in [1.82, 2.24) is 15.3 Å². The second kappa shape index (κ2) is 8.59. The van der Waals surface area contributed by atoms with Crippen molar-refractivity contribution in [2.24, 2.45) is 0 Å². The fourth-order valence-electron chi connectivity index (χ4n) is 4.11. The second-order valence-corrected chi connectivity index (χ2v) is 7.89. The first-order valence-corrected chi connectivity index (χ1v) is 10.5. The van der Waals surface area contributed by atoms with E-state index in [9.17, 15) is 4.79 Å². The average Bonchev–Trinajstić information content (AvgIpc) is 3.24. The summed E-state index contributed by atoms with van der Waals surface area (Å²) in [5.41, 5.74) is 3.38. The molecule has 28 heavy (non-hydrogen) atoms. The Balaban J connectivity index is 1.43. The molecule has 6 heteroatoms. The van der Waals surface area contributed by atoms with Crippen LogP contribution in [0.3, 0.4) is 0 Å². The maximum atomic E-state index is 12.6. The van der Waals surface area contributed by atoms with Crippen LogP contribution in [-0.4, -0.2) is 35.0 Å². The lowest BCUT2D eigenvalue weighted by Gasteiger charge is -2.22. The van der Waals surface area contributed by atoms with E-state index in [2.05, 4.69) is 37.6 Å². The molecule has 1 aliphatic carbocycles. The molecule has 148 valence electrons. The van der Waals surface area contributed by atoms with Gasteiger partial charge in [0.05, 0.1) is 0 Å². The summed E-state index contributed by atoms with van der Waals surface area (Å²) in [7, 11) is 0. The van der Waals surface area contributed by atoms with Crippen LogP contribution >= 0.6 is 0 Å². The molecule has 2 heterocycles. The summed E-state index contributed by atoms with van der Waals surface area (Å²) in [5.74, 6) is 0.354. The Kier molecular flexibility index (Phi) is 5.74. The molecular formula is C22H29N5O. The zero-order chi connectivity index (χ0) is 19.3. The standard InChI is InChI=1S/C22H29N5O/c1-16-15-20(21(28)24-17-7-3-2-4-8-17)26-22(23-16)25-18-9-11-19(12-10-18)27-13-5-6-14-27/h9-12,15,17H,2-8,13-14H2,1H3,(H,24,28)(H,23,25,26). The van der Waals surface area contributed by atoms with Gasteiger partial charge in [0.1, 0.15) is 5.69 Å². The van der Waals surface area contributed by atoms with Crippen molar-refractivity contribution in [3.8, 4) is 0 Å². The third kappa shape index (κ3) is 4.61. The lowest BCUT2D eigenvalue weighted by molar-refractivity contribution is 0.0922. The van der Waals surface area contributed by atoms with E-state index in [0.717, 1.165) is 37.3 Å². The summed E-state index contributed by atoms with van der Waals surface area (Å²) in [5, 5.41) is 6.37. The molecule has 0 bridgehead atoms. The Morgan fingerprint density at radius 2 is 1.71 bits per heavy atom. The normalized spacial score (nSPS) is 17.5. The summed E-state index contributed by atoms with van der Waals surface area (Å²) in [4.78, 5) is 23.9. The molecule has 0 spiro atoms. The van der Waals surface area contributed by atoms with Crippen molar-refractivity contribution in [3.05, 3.63) is 41.7 Å². The van der Waals surface area contributed by atoms with Gasteiger partial charge in [-0.05, 0) is 62.9 Å². The van der Waals surface area contributed by atoms with Gasteiger partial charge < -0.3 is 15.5 Å². The number of carbonyl (C=O) groups excluding carboxylic acids is 1. The largest absolute Gasteiger partial charge is 0.372 e. The van der Waals surface area contributed by atoms with Crippen LogP contribution in [0.4, 0.5) is 17.3 Å². The molecule has 1 aromatic heterocycles. The van der Waals surface area contributed by atoms with Gasteiger partial charge in [0.15, 0.2) is 0 Å². The fraction of sp³-hybridized carbons (Fsp3) is 0.500. The number of benzene rings is 1. The van der Waals surface area contributed by atoms with Gasteiger partial charge in [-0.15, -0.1) is 0 Å². The SMILES string of the molecule is Cc1cc(C(=O)NC2CCCCC2)nc(Nc2ccc(N3CCCC3)cc2)n1. The maximum absolute atomic E-state index is 12.6. The van der Waals surface area contributed by atoms with E-state index < -0.39 is 0 Å². The number of hydrogen-bond acceptors (Lipinski definition) is 5. The Morgan fingerprint density at radius 1 is 1.00 bits per heavy atom. The molecule has 1 saturated heterocycles. The number of carbonyl (C=O) groups is 1. The highest BCUT2D eigenvalue weighted by atomic mass is 16.1. The number of amides is 1. The van der Waals surface area contributed by atoms with Crippen LogP contribution < -0.4 is 15.5 Å². The lowest BCUT2D eigenvalue weighted by Crippen LogP contribution is -2.36. The average molecular weight is 380 g/mol. The van der Waals surface area contributed by atoms with E-state index in [-0.39, 0.29) is 11.9 Å². The van der Waals surface area contributed by atoms with E-state index in [1.54, 1.807) is 6.07 Å². The van der Waals surface area contributed by atoms with E-state index in [1.807, 2.05) is 19.1 Å². The van der Waals surface area contributed by atoms with Crippen molar-refractivity contribution < 1.29 is 4.79 Å². The summed E-state index contributed by atoms with van der Waals surface area (Å²) in [6, 6.07) is 10.4. The quantitative estimate of drug-likeness (QED) is 0.815. The third-order valence-corrected chi connectivity index (χ3v) is 5.62. The molecule has 2 N–H and O–H groups in total. The fourth-order valence-corrected chi connectivity index (χ4v) is 4.11. The molecule has 6 nitrogen and oxygen atoms in total. The highest BCUT2D eigenvalue weighted by Gasteiger charge is 2.18. The maximum Gasteiger partial charge on any atom is 0.270 e. The van der Waals surface area contributed by atoms with E-state index in [4.69, 9.17) is 0 Å². The van der Waals surface area contributed by atoms with Crippen LogP contribution in [0, 0.1) is 6.92 Å². The van der Waals surface area contributed by atoms with Crippen molar-refractivity contribution in [1.29, 1.82) is 0 Å². The lowest BCUT2D eigenvalue weighted by atomic mass is 9.95. The van der Waals surface area contributed by atoms with Crippen LogP contribution in [0.15, 0.2) is 30.3 Å². The van der Waals surface area contributed by atoms with Gasteiger partial charge in [-0.3, -0.25) is 4.79 Å². The molecule has 1 aliphatic heterocycles. The highest BCUT2D eigenvalue weighted by Crippen LogP contribution is 2.23. The van der Waals surface area contributed by atoms with Crippen molar-refractivity contribution in [2.75, 3.05) is 23.3 Å². The van der Waals surface area contributed by atoms with E-state index in [0.29, 0.717) is 11.6 Å². The first-order chi connectivity index (χ1) is 13.7. The molecule has 2 aromatic rings. The van der Waals surface area contributed by atoms with Crippen molar-refractivity contribution >= 4 is 23.2 Å². The molecule has 2 aliphatic rings. The van der Waals surface area contributed by atoms with Gasteiger partial charge in [0.25, 0.3) is 5.91 Å². The van der Waals surface area contributed by atoms with Crippen LogP contribution in [-0.2, 0) is 0 Å². The first kappa shape index (κ1) is 18.7.